The van der Waals surface area contributed by atoms with Gasteiger partial charge in [0.25, 0.3) is 0 Å². The van der Waals surface area contributed by atoms with Crippen molar-refractivity contribution in [2.24, 2.45) is 7.05 Å². The predicted octanol–water partition coefficient (Wildman–Crippen LogP) is 3.11. The third kappa shape index (κ3) is 3.04. The number of fused-ring (bicyclic) bond motifs is 1. The number of aromatic nitrogens is 3. The highest BCUT2D eigenvalue weighted by Gasteiger charge is 2.13. The van der Waals surface area contributed by atoms with Crippen LogP contribution in [0.15, 0.2) is 24.4 Å². The summed E-state index contributed by atoms with van der Waals surface area (Å²) in [5.74, 6) is 0.833. The minimum Gasteiger partial charge on any atom is -0.481 e. The molecule has 5 heteroatoms. The summed E-state index contributed by atoms with van der Waals surface area (Å²) in [5.41, 5.74) is 6.17. The standard InChI is InChI=1S/C19H26N4O/c1-5-14-7-6-8-16-15(11-21-18(14)16)9-10-20-12-17-13(2)22-23(3)19(17)24-4/h6-8,11,20-21H,5,9-10,12H2,1-4H3. The van der Waals surface area contributed by atoms with Crippen LogP contribution < -0.4 is 10.1 Å². The second-order valence-corrected chi connectivity index (χ2v) is 6.13. The number of nitrogens with zero attached hydrogens (tertiary/aromatic N) is 2. The predicted molar refractivity (Wildman–Crippen MR) is 97.6 cm³/mol. The molecule has 2 heterocycles. The van der Waals surface area contributed by atoms with Gasteiger partial charge in [-0.3, -0.25) is 0 Å². The van der Waals surface area contributed by atoms with Crippen molar-refractivity contribution in [3.8, 4) is 5.88 Å². The highest BCUT2D eigenvalue weighted by molar-refractivity contribution is 5.86. The Morgan fingerprint density at radius 2 is 2.12 bits per heavy atom. The third-order valence-corrected chi connectivity index (χ3v) is 4.62. The van der Waals surface area contributed by atoms with Crippen molar-refractivity contribution in [2.75, 3.05) is 13.7 Å². The maximum atomic E-state index is 5.44. The topological polar surface area (TPSA) is 54.9 Å². The molecule has 3 rings (SSSR count). The van der Waals surface area contributed by atoms with Crippen LogP contribution >= 0.6 is 0 Å². The van der Waals surface area contributed by atoms with E-state index in [1.165, 1.54) is 22.0 Å². The zero-order valence-corrected chi connectivity index (χ0v) is 14.9. The van der Waals surface area contributed by atoms with E-state index < -0.39 is 0 Å². The second-order valence-electron chi connectivity index (χ2n) is 6.13. The summed E-state index contributed by atoms with van der Waals surface area (Å²) in [5, 5.41) is 9.27. The zero-order valence-electron chi connectivity index (χ0n) is 14.9. The Kier molecular flexibility index (Phi) is 4.90. The number of para-hydroxylation sites is 1. The number of aryl methyl sites for hydroxylation is 3. The van der Waals surface area contributed by atoms with Gasteiger partial charge in [-0.2, -0.15) is 5.10 Å². The fraction of sp³-hybridized carbons (Fsp3) is 0.421. The van der Waals surface area contributed by atoms with Crippen LogP contribution in [0.5, 0.6) is 5.88 Å². The smallest absolute Gasteiger partial charge is 0.216 e. The summed E-state index contributed by atoms with van der Waals surface area (Å²) in [4.78, 5) is 3.44. The van der Waals surface area contributed by atoms with Crippen LogP contribution in [0, 0.1) is 6.92 Å². The minimum atomic E-state index is 0.769. The molecule has 0 atom stereocenters. The summed E-state index contributed by atoms with van der Waals surface area (Å²) in [7, 11) is 3.60. The second kappa shape index (κ2) is 7.09. The van der Waals surface area contributed by atoms with Crippen molar-refractivity contribution in [2.45, 2.75) is 33.2 Å². The van der Waals surface area contributed by atoms with Gasteiger partial charge in [-0.15, -0.1) is 0 Å². The highest BCUT2D eigenvalue weighted by Crippen LogP contribution is 2.23. The average molecular weight is 326 g/mol. The molecule has 128 valence electrons. The maximum absolute atomic E-state index is 5.44. The van der Waals surface area contributed by atoms with Crippen LogP contribution in [-0.2, 0) is 26.4 Å². The van der Waals surface area contributed by atoms with E-state index in [2.05, 4.69) is 46.7 Å². The van der Waals surface area contributed by atoms with Gasteiger partial charge in [-0.05, 0) is 37.4 Å². The Morgan fingerprint density at radius 1 is 1.29 bits per heavy atom. The number of hydrogen-bond donors (Lipinski definition) is 2. The first-order valence-corrected chi connectivity index (χ1v) is 8.50. The lowest BCUT2D eigenvalue weighted by molar-refractivity contribution is 0.368. The molecular weight excluding hydrogens is 300 g/mol. The molecule has 0 saturated carbocycles. The quantitative estimate of drug-likeness (QED) is 0.656. The maximum Gasteiger partial charge on any atom is 0.216 e. The molecule has 1 aromatic carbocycles. The Hall–Kier alpha value is -2.27. The summed E-state index contributed by atoms with van der Waals surface area (Å²) in [6.07, 6.45) is 4.19. The molecule has 0 radical (unpaired) electrons. The van der Waals surface area contributed by atoms with E-state index in [4.69, 9.17) is 4.74 Å². The summed E-state index contributed by atoms with van der Waals surface area (Å²) < 4.78 is 7.23. The molecule has 0 bridgehead atoms. The van der Waals surface area contributed by atoms with Crippen molar-refractivity contribution in [3.63, 3.8) is 0 Å². The molecule has 3 aromatic rings. The number of aromatic amines is 1. The van der Waals surface area contributed by atoms with Gasteiger partial charge in [0.2, 0.25) is 5.88 Å². The number of ether oxygens (including phenoxy) is 1. The molecular formula is C19H26N4O. The molecule has 0 unspecified atom stereocenters. The van der Waals surface area contributed by atoms with Gasteiger partial charge in [0, 0.05) is 30.7 Å². The van der Waals surface area contributed by atoms with Gasteiger partial charge in [-0.1, -0.05) is 25.1 Å². The average Bonchev–Trinajstić information content (AvgIpc) is 3.11. The Balaban J connectivity index is 1.64. The van der Waals surface area contributed by atoms with Gasteiger partial charge in [-0.25, -0.2) is 4.68 Å². The van der Waals surface area contributed by atoms with E-state index in [9.17, 15) is 0 Å². The Bertz CT molecular complexity index is 831. The van der Waals surface area contributed by atoms with E-state index in [-0.39, 0.29) is 0 Å². The van der Waals surface area contributed by atoms with Crippen molar-refractivity contribution in [3.05, 3.63) is 46.8 Å². The van der Waals surface area contributed by atoms with Crippen molar-refractivity contribution in [1.82, 2.24) is 20.1 Å². The molecule has 0 fully saturated rings. The number of hydrogen-bond acceptors (Lipinski definition) is 3. The van der Waals surface area contributed by atoms with Gasteiger partial charge in [0.15, 0.2) is 0 Å². The number of benzene rings is 1. The fourth-order valence-electron chi connectivity index (χ4n) is 3.35. The van der Waals surface area contributed by atoms with Crippen LogP contribution in [0.4, 0.5) is 0 Å². The molecule has 0 saturated heterocycles. The van der Waals surface area contributed by atoms with E-state index in [1.54, 1.807) is 11.8 Å². The molecule has 0 aliphatic carbocycles. The lowest BCUT2D eigenvalue weighted by atomic mass is 10.1. The first-order valence-electron chi connectivity index (χ1n) is 8.50. The highest BCUT2D eigenvalue weighted by atomic mass is 16.5. The third-order valence-electron chi connectivity index (χ3n) is 4.62. The Morgan fingerprint density at radius 3 is 2.88 bits per heavy atom. The normalized spacial score (nSPS) is 11.3. The molecule has 0 aliphatic heterocycles. The lowest BCUT2D eigenvalue weighted by Crippen LogP contribution is -2.17. The molecule has 2 N–H and O–H groups in total. The van der Waals surface area contributed by atoms with E-state index in [1.807, 2.05) is 14.0 Å². The molecule has 0 amide bonds. The van der Waals surface area contributed by atoms with Crippen LogP contribution in [0.2, 0.25) is 0 Å². The lowest BCUT2D eigenvalue weighted by Gasteiger charge is -2.07. The summed E-state index contributed by atoms with van der Waals surface area (Å²) in [6.45, 7) is 5.90. The first kappa shape index (κ1) is 16.6. The number of H-pyrrole nitrogens is 1. The van der Waals surface area contributed by atoms with Crippen molar-refractivity contribution in [1.29, 1.82) is 0 Å². The zero-order chi connectivity index (χ0) is 17.1. The number of nitrogens with one attached hydrogen (secondary N) is 2. The first-order chi connectivity index (χ1) is 11.7. The largest absolute Gasteiger partial charge is 0.481 e. The number of methoxy groups -OCH3 is 1. The van der Waals surface area contributed by atoms with Gasteiger partial charge >= 0.3 is 0 Å². The molecule has 0 aliphatic rings. The SMILES string of the molecule is CCc1cccc2c(CCNCc3c(C)nn(C)c3OC)c[nH]c12. The van der Waals surface area contributed by atoms with Crippen LogP contribution in [0.1, 0.15) is 29.3 Å². The molecule has 0 spiro atoms. The van der Waals surface area contributed by atoms with Crippen molar-refractivity contribution >= 4 is 10.9 Å². The van der Waals surface area contributed by atoms with Crippen molar-refractivity contribution < 1.29 is 4.74 Å². The summed E-state index contributed by atoms with van der Waals surface area (Å²) >= 11 is 0. The number of rotatable bonds is 7. The van der Waals surface area contributed by atoms with E-state index in [0.29, 0.717) is 0 Å². The molecule has 5 nitrogen and oxygen atoms in total. The van der Waals surface area contributed by atoms with Gasteiger partial charge in [0.05, 0.1) is 18.4 Å². The van der Waals surface area contributed by atoms with E-state index >= 15 is 0 Å². The monoisotopic (exact) mass is 326 g/mol. The minimum absolute atomic E-state index is 0.769. The van der Waals surface area contributed by atoms with Gasteiger partial charge < -0.3 is 15.0 Å². The molecule has 24 heavy (non-hydrogen) atoms. The summed E-state index contributed by atoms with van der Waals surface area (Å²) in [6, 6.07) is 6.54. The van der Waals surface area contributed by atoms with Crippen LogP contribution in [0.25, 0.3) is 10.9 Å². The molecule has 2 aromatic heterocycles. The van der Waals surface area contributed by atoms with Crippen LogP contribution in [0.3, 0.4) is 0 Å². The van der Waals surface area contributed by atoms with E-state index in [0.717, 1.165) is 43.1 Å². The Labute approximate surface area is 143 Å². The fourth-order valence-corrected chi connectivity index (χ4v) is 3.35. The van der Waals surface area contributed by atoms with Crippen LogP contribution in [-0.4, -0.2) is 28.4 Å². The van der Waals surface area contributed by atoms with Gasteiger partial charge in [0.1, 0.15) is 0 Å².